The number of nitrogens with one attached hydrogen (secondary N) is 1. The van der Waals surface area contributed by atoms with Crippen molar-refractivity contribution in [1.82, 2.24) is 5.32 Å². The van der Waals surface area contributed by atoms with Crippen LogP contribution in [0.3, 0.4) is 0 Å². The topological polar surface area (TPSA) is 56.8 Å². The van der Waals surface area contributed by atoms with E-state index in [0.29, 0.717) is 31.3 Å². The third kappa shape index (κ3) is 4.73. The van der Waals surface area contributed by atoms with Crippen LogP contribution in [0, 0.1) is 0 Å². The normalized spacial score (nSPS) is 15.9. The average molecular weight is 381 g/mol. The summed E-state index contributed by atoms with van der Waals surface area (Å²) in [6.45, 7) is 1.89. The van der Waals surface area contributed by atoms with Gasteiger partial charge in [-0.2, -0.15) is 0 Å². The Hall–Kier alpha value is -2.79. The highest BCUT2D eigenvalue weighted by molar-refractivity contribution is 5.91. The minimum atomic E-state index is -0.186. The molecule has 3 rings (SSSR count). The highest BCUT2D eigenvalue weighted by Crippen LogP contribution is 2.38. The molecule has 0 atom stereocenters. The van der Waals surface area contributed by atoms with Crippen LogP contribution in [0.5, 0.6) is 11.5 Å². The van der Waals surface area contributed by atoms with Crippen LogP contribution in [0.1, 0.15) is 24.0 Å². The van der Waals surface area contributed by atoms with Crippen LogP contribution in [0.4, 0.5) is 0 Å². The fourth-order valence-corrected chi connectivity index (χ4v) is 3.55. The molecule has 1 N–H and O–H groups in total. The van der Waals surface area contributed by atoms with Gasteiger partial charge in [-0.05, 0) is 42.2 Å². The number of hydrogen-bond acceptors (Lipinski definition) is 4. The summed E-state index contributed by atoms with van der Waals surface area (Å²) in [4.78, 5) is 12.4. The summed E-state index contributed by atoms with van der Waals surface area (Å²) in [5.41, 5.74) is 1.94. The van der Waals surface area contributed by atoms with Crippen molar-refractivity contribution in [2.24, 2.45) is 0 Å². The van der Waals surface area contributed by atoms with Crippen molar-refractivity contribution in [2.45, 2.75) is 18.3 Å². The molecule has 5 nitrogen and oxygen atoms in total. The van der Waals surface area contributed by atoms with Gasteiger partial charge in [-0.25, -0.2) is 0 Å². The second kappa shape index (κ2) is 9.42. The molecule has 0 spiro atoms. The van der Waals surface area contributed by atoms with Crippen LogP contribution in [-0.2, 0) is 14.9 Å². The summed E-state index contributed by atoms with van der Waals surface area (Å²) >= 11 is 0. The molecule has 28 heavy (non-hydrogen) atoms. The summed E-state index contributed by atoms with van der Waals surface area (Å²) in [6, 6.07) is 15.8. The Bertz CT molecular complexity index is 811. The third-order valence-corrected chi connectivity index (χ3v) is 5.27. The molecule has 1 saturated heterocycles. The monoisotopic (exact) mass is 381 g/mol. The van der Waals surface area contributed by atoms with E-state index in [1.165, 1.54) is 0 Å². The molecule has 148 valence electrons. The molecule has 0 bridgehead atoms. The Morgan fingerprint density at radius 3 is 2.46 bits per heavy atom. The molecule has 0 saturated carbocycles. The zero-order chi connectivity index (χ0) is 19.8. The van der Waals surface area contributed by atoms with Crippen molar-refractivity contribution in [3.63, 3.8) is 0 Å². The van der Waals surface area contributed by atoms with Crippen LogP contribution >= 0.6 is 0 Å². The maximum absolute atomic E-state index is 12.4. The van der Waals surface area contributed by atoms with Gasteiger partial charge in [0.25, 0.3) is 0 Å². The molecule has 2 aromatic rings. The third-order valence-electron chi connectivity index (χ3n) is 5.27. The second-order valence-corrected chi connectivity index (χ2v) is 6.92. The minimum Gasteiger partial charge on any atom is -0.493 e. The van der Waals surface area contributed by atoms with Crippen molar-refractivity contribution in [2.75, 3.05) is 34.0 Å². The van der Waals surface area contributed by atoms with Gasteiger partial charge in [-0.1, -0.05) is 36.4 Å². The SMILES string of the molecule is COc1ccc(C2(CNC(=O)/C=C/c3ccccc3)CCOCC2)cc1OC. The van der Waals surface area contributed by atoms with E-state index in [1.54, 1.807) is 20.3 Å². The largest absolute Gasteiger partial charge is 0.493 e. The Morgan fingerprint density at radius 2 is 1.79 bits per heavy atom. The zero-order valence-corrected chi connectivity index (χ0v) is 16.4. The highest BCUT2D eigenvalue weighted by Gasteiger charge is 2.35. The molecular weight excluding hydrogens is 354 g/mol. The van der Waals surface area contributed by atoms with E-state index in [1.807, 2.05) is 48.5 Å². The van der Waals surface area contributed by atoms with Gasteiger partial charge in [-0.15, -0.1) is 0 Å². The molecule has 0 radical (unpaired) electrons. The summed E-state index contributed by atoms with van der Waals surface area (Å²) in [6.07, 6.45) is 5.08. The number of benzene rings is 2. The van der Waals surface area contributed by atoms with Gasteiger partial charge in [0.2, 0.25) is 5.91 Å². The summed E-state index contributed by atoms with van der Waals surface area (Å²) < 4.78 is 16.4. The van der Waals surface area contributed by atoms with Gasteiger partial charge in [0.15, 0.2) is 11.5 Å². The lowest BCUT2D eigenvalue weighted by Gasteiger charge is -2.38. The van der Waals surface area contributed by atoms with Gasteiger partial charge in [0, 0.05) is 31.2 Å². The molecule has 1 aliphatic rings. The molecule has 1 fully saturated rings. The van der Waals surface area contributed by atoms with Crippen LogP contribution in [0.2, 0.25) is 0 Å². The standard InChI is InChI=1S/C23H27NO4/c1-26-20-10-9-19(16-21(20)27-2)23(12-14-28-15-13-23)17-24-22(25)11-8-18-6-4-3-5-7-18/h3-11,16H,12-15,17H2,1-2H3,(H,24,25)/b11-8+. The number of amides is 1. The predicted octanol–water partition coefficient (Wildman–Crippen LogP) is 3.58. The Labute approximate surface area is 166 Å². The van der Waals surface area contributed by atoms with Gasteiger partial charge in [0.1, 0.15) is 0 Å². The van der Waals surface area contributed by atoms with Crippen LogP contribution in [0.15, 0.2) is 54.6 Å². The second-order valence-electron chi connectivity index (χ2n) is 6.92. The molecule has 1 amide bonds. The maximum Gasteiger partial charge on any atom is 0.244 e. The van der Waals surface area contributed by atoms with E-state index in [-0.39, 0.29) is 11.3 Å². The maximum atomic E-state index is 12.4. The highest BCUT2D eigenvalue weighted by atomic mass is 16.5. The van der Waals surface area contributed by atoms with Gasteiger partial charge in [0.05, 0.1) is 14.2 Å². The van der Waals surface area contributed by atoms with Crippen LogP contribution < -0.4 is 14.8 Å². The Balaban J connectivity index is 1.75. The molecular formula is C23H27NO4. The van der Waals surface area contributed by atoms with Crippen LogP contribution in [-0.4, -0.2) is 39.9 Å². The lowest BCUT2D eigenvalue weighted by atomic mass is 9.74. The van der Waals surface area contributed by atoms with Crippen molar-refractivity contribution in [3.8, 4) is 11.5 Å². The number of hydrogen-bond donors (Lipinski definition) is 1. The quantitative estimate of drug-likeness (QED) is 0.745. The smallest absolute Gasteiger partial charge is 0.244 e. The van der Waals surface area contributed by atoms with E-state index < -0.39 is 0 Å². The first kappa shape index (κ1) is 20.0. The zero-order valence-electron chi connectivity index (χ0n) is 16.4. The molecule has 2 aromatic carbocycles. The summed E-state index contributed by atoms with van der Waals surface area (Å²) in [5.74, 6) is 1.29. The molecule has 0 aromatic heterocycles. The number of carbonyl (C=O) groups excluding carboxylic acids is 1. The lowest BCUT2D eigenvalue weighted by molar-refractivity contribution is -0.116. The van der Waals surface area contributed by atoms with Gasteiger partial charge >= 0.3 is 0 Å². The minimum absolute atomic E-state index is 0.102. The van der Waals surface area contributed by atoms with E-state index >= 15 is 0 Å². The number of carbonyl (C=O) groups is 1. The van der Waals surface area contributed by atoms with Crippen molar-refractivity contribution < 1.29 is 19.0 Å². The molecule has 1 heterocycles. The first-order valence-corrected chi connectivity index (χ1v) is 9.48. The molecule has 1 aliphatic heterocycles. The van der Waals surface area contributed by atoms with Crippen LogP contribution in [0.25, 0.3) is 6.08 Å². The lowest BCUT2D eigenvalue weighted by Crippen LogP contribution is -2.44. The van der Waals surface area contributed by atoms with Gasteiger partial charge < -0.3 is 19.5 Å². The molecule has 0 aliphatic carbocycles. The first-order chi connectivity index (χ1) is 13.7. The average Bonchev–Trinajstić information content (AvgIpc) is 2.77. The fourth-order valence-electron chi connectivity index (χ4n) is 3.55. The Kier molecular flexibility index (Phi) is 6.71. The Morgan fingerprint density at radius 1 is 1.07 bits per heavy atom. The van der Waals surface area contributed by atoms with Crippen molar-refractivity contribution >= 4 is 12.0 Å². The summed E-state index contributed by atoms with van der Waals surface area (Å²) in [7, 11) is 3.26. The number of ether oxygens (including phenoxy) is 3. The predicted molar refractivity (Wildman–Crippen MR) is 110 cm³/mol. The number of rotatable bonds is 7. The van der Waals surface area contributed by atoms with E-state index in [4.69, 9.17) is 14.2 Å². The van der Waals surface area contributed by atoms with Crippen molar-refractivity contribution in [1.29, 1.82) is 0 Å². The van der Waals surface area contributed by atoms with E-state index in [0.717, 1.165) is 24.0 Å². The summed E-state index contributed by atoms with van der Waals surface area (Å²) in [5, 5.41) is 3.07. The number of methoxy groups -OCH3 is 2. The van der Waals surface area contributed by atoms with Crippen molar-refractivity contribution in [3.05, 3.63) is 65.7 Å². The molecule has 0 unspecified atom stereocenters. The van der Waals surface area contributed by atoms with E-state index in [9.17, 15) is 4.79 Å². The van der Waals surface area contributed by atoms with E-state index in [2.05, 4.69) is 11.4 Å². The first-order valence-electron chi connectivity index (χ1n) is 9.48. The van der Waals surface area contributed by atoms with Gasteiger partial charge in [-0.3, -0.25) is 4.79 Å². The fraction of sp³-hybridized carbons (Fsp3) is 0.348. The molecule has 5 heteroatoms.